The first-order chi connectivity index (χ1) is 8.77. The molecule has 106 valence electrons. The van der Waals surface area contributed by atoms with Gasteiger partial charge in [-0.15, -0.1) is 0 Å². The fourth-order valence-corrected chi connectivity index (χ4v) is 2.14. The van der Waals surface area contributed by atoms with Gasteiger partial charge >= 0.3 is 12.1 Å². The van der Waals surface area contributed by atoms with Gasteiger partial charge in [0.15, 0.2) is 0 Å². The molecule has 0 aromatic carbocycles. The van der Waals surface area contributed by atoms with E-state index in [2.05, 4.69) is 4.98 Å². The van der Waals surface area contributed by atoms with E-state index in [9.17, 15) is 18.0 Å². The Labute approximate surface area is 108 Å². The van der Waals surface area contributed by atoms with Crippen molar-refractivity contribution in [3.05, 3.63) is 18.2 Å². The van der Waals surface area contributed by atoms with Crippen molar-refractivity contribution >= 4 is 5.91 Å². The molecule has 8 heteroatoms. The van der Waals surface area contributed by atoms with E-state index in [-0.39, 0.29) is 13.1 Å². The van der Waals surface area contributed by atoms with Crippen LogP contribution in [0.25, 0.3) is 0 Å². The SMILES string of the molecule is COC1(Cc2nccn2C)CN(C(=O)C(F)(F)F)C1. The molecule has 1 amide bonds. The second-order valence-corrected chi connectivity index (χ2v) is 4.68. The predicted molar refractivity (Wildman–Crippen MR) is 59.3 cm³/mol. The van der Waals surface area contributed by atoms with Gasteiger partial charge in [-0.2, -0.15) is 13.2 Å². The number of methoxy groups -OCH3 is 1. The van der Waals surface area contributed by atoms with E-state index in [0.29, 0.717) is 12.2 Å². The Morgan fingerprint density at radius 2 is 2.16 bits per heavy atom. The largest absolute Gasteiger partial charge is 0.471 e. The lowest BCUT2D eigenvalue weighted by atomic mass is 9.89. The summed E-state index contributed by atoms with van der Waals surface area (Å²) in [7, 11) is 3.22. The molecule has 0 atom stereocenters. The molecule has 0 aliphatic carbocycles. The van der Waals surface area contributed by atoms with Crippen LogP contribution in [0, 0.1) is 0 Å². The maximum Gasteiger partial charge on any atom is 0.471 e. The summed E-state index contributed by atoms with van der Waals surface area (Å²) in [4.78, 5) is 15.9. The van der Waals surface area contributed by atoms with Crippen LogP contribution in [0.15, 0.2) is 12.4 Å². The maximum atomic E-state index is 12.3. The molecule has 0 radical (unpaired) electrons. The summed E-state index contributed by atoms with van der Waals surface area (Å²) >= 11 is 0. The minimum Gasteiger partial charge on any atom is -0.374 e. The molecule has 1 fully saturated rings. The number of hydrogen-bond donors (Lipinski definition) is 0. The number of carbonyl (C=O) groups is 1. The highest BCUT2D eigenvalue weighted by Gasteiger charge is 2.53. The number of rotatable bonds is 3. The lowest BCUT2D eigenvalue weighted by Gasteiger charge is -2.48. The van der Waals surface area contributed by atoms with Crippen LogP contribution in [0.1, 0.15) is 5.82 Å². The smallest absolute Gasteiger partial charge is 0.374 e. The highest BCUT2D eigenvalue weighted by atomic mass is 19.4. The first kappa shape index (κ1) is 13.9. The molecule has 1 aromatic rings. The van der Waals surface area contributed by atoms with Gasteiger partial charge in [-0.25, -0.2) is 4.98 Å². The number of hydrogen-bond acceptors (Lipinski definition) is 3. The van der Waals surface area contributed by atoms with Crippen molar-refractivity contribution < 1.29 is 22.7 Å². The van der Waals surface area contributed by atoms with Gasteiger partial charge in [-0.05, 0) is 0 Å². The first-order valence-electron chi connectivity index (χ1n) is 5.65. The summed E-state index contributed by atoms with van der Waals surface area (Å²) < 4.78 is 43.9. The lowest BCUT2D eigenvalue weighted by Crippen LogP contribution is -2.67. The third kappa shape index (κ3) is 2.58. The van der Waals surface area contributed by atoms with Crippen LogP contribution in [0.3, 0.4) is 0 Å². The van der Waals surface area contributed by atoms with Gasteiger partial charge in [0.1, 0.15) is 11.4 Å². The quantitative estimate of drug-likeness (QED) is 0.819. The third-order valence-corrected chi connectivity index (χ3v) is 3.32. The van der Waals surface area contributed by atoms with Crippen LogP contribution in [0.5, 0.6) is 0 Å². The van der Waals surface area contributed by atoms with Gasteiger partial charge in [0, 0.05) is 33.0 Å². The lowest BCUT2D eigenvalue weighted by molar-refractivity contribution is -0.206. The number of halogens is 3. The highest BCUT2D eigenvalue weighted by Crippen LogP contribution is 2.31. The molecule has 0 saturated carbocycles. The maximum absolute atomic E-state index is 12.3. The Kier molecular flexibility index (Phi) is 3.29. The number of imidazole rings is 1. The van der Waals surface area contributed by atoms with Crippen LogP contribution >= 0.6 is 0 Å². The molecule has 19 heavy (non-hydrogen) atoms. The zero-order valence-corrected chi connectivity index (χ0v) is 10.6. The molecule has 0 unspecified atom stereocenters. The summed E-state index contributed by atoms with van der Waals surface area (Å²) in [6, 6.07) is 0. The minimum absolute atomic E-state index is 0.0747. The Bertz CT molecular complexity index is 478. The summed E-state index contributed by atoms with van der Waals surface area (Å²) in [5.74, 6) is -1.11. The average Bonchev–Trinajstić information content (AvgIpc) is 2.66. The van der Waals surface area contributed by atoms with Gasteiger partial charge < -0.3 is 14.2 Å². The van der Waals surface area contributed by atoms with Crippen LogP contribution in [0.4, 0.5) is 13.2 Å². The molecule has 0 bridgehead atoms. The summed E-state index contributed by atoms with van der Waals surface area (Å²) in [5.41, 5.74) is -0.778. The normalized spacial score (nSPS) is 18.3. The number of ether oxygens (including phenoxy) is 1. The Hall–Kier alpha value is -1.57. The van der Waals surface area contributed by atoms with Crippen molar-refractivity contribution in [2.24, 2.45) is 7.05 Å². The fourth-order valence-electron chi connectivity index (χ4n) is 2.14. The number of aromatic nitrogens is 2. The van der Waals surface area contributed by atoms with Gasteiger partial charge in [0.25, 0.3) is 0 Å². The standard InChI is InChI=1S/C11H14F3N3O2/c1-16-4-3-15-8(16)5-10(19-2)6-17(7-10)9(18)11(12,13)14/h3-4H,5-7H2,1-2H3. The monoisotopic (exact) mass is 277 g/mol. The Balaban J connectivity index is 2.02. The van der Waals surface area contributed by atoms with E-state index in [4.69, 9.17) is 4.74 Å². The number of aryl methyl sites for hydroxylation is 1. The number of carbonyl (C=O) groups excluding carboxylic acids is 1. The van der Waals surface area contributed by atoms with Crippen LogP contribution < -0.4 is 0 Å². The second kappa shape index (κ2) is 4.52. The number of alkyl halides is 3. The number of amides is 1. The topological polar surface area (TPSA) is 47.4 Å². The molecule has 5 nitrogen and oxygen atoms in total. The van der Waals surface area contributed by atoms with E-state index in [0.717, 1.165) is 4.90 Å². The minimum atomic E-state index is -4.83. The predicted octanol–water partition coefficient (Wildman–Crippen LogP) is 0.752. The zero-order valence-electron chi connectivity index (χ0n) is 10.6. The van der Waals surface area contributed by atoms with E-state index in [1.165, 1.54) is 7.11 Å². The first-order valence-corrected chi connectivity index (χ1v) is 5.65. The zero-order chi connectivity index (χ0) is 14.3. The Morgan fingerprint density at radius 3 is 2.58 bits per heavy atom. The summed E-state index contributed by atoms with van der Waals surface area (Å²) in [6.07, 6.45) is -1.11. The number of nitrogens with zero attached hydrogens (tertiary/aromatic N) is 3. The second-order valence-electron chi connectivity index (χ2n) is 4.68. The van der Waals surface area contributed by atoms with Gasteiger partial charge in [0.2, 0.25) is 0 Å². The van der Waals surface area contributed by atoms with E-state index in [1.54, 1.807) is 24.0 Å². The van der Waals surface area contributed by atoms with Crippen molar-refractivity contribution in [2.45, 2.75) is 18.2 Å². The molecule has 1 saturated heterocycles. The Morgan fingerprint density at radius 1 is 1.53 bits per heavy atom. The van der Waals surface area contributed by atoms with Gasteiger partial charge in [-0.3, -0.25) is 4.79 Å². The van der Waals surface area contributed by atoms with Crippen LogP contribution in [-0.4, -0.2) is 52.3 Å². The highest BCUT2D eigenvalue weighted by molar-refractivity contribution is 5.82. The van der Waals surface area contributed by atoms with Crippen LogP contribution in [-0.2, 0) is 23.0 Å². The number of likely N-dealkylation sites (tertiary alicyclic amines) is 1. The summed E-state index contributed by atoms with van der Waals surface area (Å²) in [5, 5.41) is 0. The van der Waals surface area contributed by atoms with Crippen LogP contribution in [0.2, 0.25) is 0 Å². The average molecular weight is 277 g/mol. The molecule has 2 heterocycles. The molecular formula is C11H14F3N3O2. The van der Waals surface area contributed by atoms with Gasteiger partial charge in [-0.1, -0.05) is 0 Å². The molecule has 2 rings (SSSR count). The van der Waals surface area contributed by atoms with Gasteiger partial charge in [0.05, 0.1) is 13.1 Å². The fraction of sp³-hybridized carbons (Fsp3) is 0.636. The molecule has 1 aliphatic heterocycles. The third-order valence-electron chi connectivity index (χ3n) is 3.32. The summed E-state index contributed by atoms with van der Waals surface area (Å²) in [6.45, 7) is -0.149. The van der Waals surface area contributed by atoms with E-state index in [1.807, 2.05) is 0 Å². The molecule has 1 aliphatic rings. The van der Waals surface area contributed by atoms with Crippen molar-refractivity contribution in [2.75, 3.05) is 20.2 Å². The molecular weight excluding hydrogens is 263 g/mol. The van der Waals surface area contributed by atoms with Crippen molar-refractivity contribution in [1.82, 2.24) is 14.5 Å². The van der Waals surface area contributed by atoms with Crippen molar-refractivity contribution in [3.63, 3.8) is 0 Å². The van der Waals surface area contributed by atoms with E-state index < -0.39 is 17.7 Å². The molecule has 1 aromatic heterocycles. The molecule has 0 N–H and O–H groups in total. The molecule has 0 spiro atoms. The van der Waals surface area contributed by atoms with Crippen molar-refractivity contribution in [1.29, 1.82) is 0 Å². The van der Waals surface area contributed by atoms with Crippen molar-refractivity contribution in [3.8, 4) is 0 Å². The van der Waals surface area contributed by atoms with E-state index >= 15 is 0 Å².